The van der Waals surface area contributed by atoms with E-state index in [2.05, 4.69) is 72.2 Å². The van der Waals surface area contributed by atoms with E-state index in [9.17, 15) is 0 Å². The first kappa shape index (κ1) is 16.7. The van der Waals surface area contributed by atoms with Gasteiger partial charge < -0.3 is 14.0 Å². The van der Waals surface area contributed by atoms with E-state index < -0.39 is 0 Å². The third-order valence-corrected chi connectivity index (χ3v) is 5.51. The van der Waals surface area contributed by atoms with Crippen molar-refractivity contribution in [1.29, 1.82) is 0 Å². The summed E-state index contributed by atoms with van der Waals surface area (Å²) in [7, 11) is 3.41. The van der Waals surface area contributed by atoms with Crippen LogP contribution in [0.4, 0.5) is 0 Å². The molecule has 1 aromatic heterocycles. The largest absolute Gasteiger partial charge is 0.497 e. The average Bonchev–Trinajstić information content (AvgIpc) is 3.06. The first-order chi connectivity index (χ1) is 13.7. The highest BCUT2D eigenvalue weighted by Gasteiger charge is 2.16. The molecule has 138 valence electrons. The van der Waals surface area contributed by atoms with Crippen LogP contribution in [0.15, 0.2) is 72.8 Å². The van der Waals surface area contributed by atoms with Gasteiger partial charge in [-0.15, -0.1) is 0 Å². The molecule has 0 spiro atoms. The lowest BCUT2D eigenvalue weighted by atomic mass is 10.0. The van der Waals surface area contributed by atoms with Crippen molar-refractivity contribution in [1.82, 2.24) is 4.57 Å². The topological polar surface area (TPSA) is 23.4 Å². The highest BCUT2D eigenvalue weighted by atomic mass is 16.5. The van der Waals surface area contributed by atoms with Crippen molar-refractivity contribution in [3.05, 3.63) is 78.4 Å². The Morgan fingerprint density at radius 1 is 0.679 bits per heavy atom. The van der Waals surface area contributed by atoms with Crippen molar-refractivity contribution in [2.24, 2.45) is 0 Å². The molecule has 0 amide bonds. The fraction of sp³-hybridized carbons (Fsp3) is 0.120. The number of hydrogen-bond acceptors (Lipinski definition) is 2. The molecule has 0 aliphatic heterocycles. The number of nitrogens with zero attached hydrogens (tertiary/aromatic N) is 1. The van der Waals surface area contributed by atoms with Crippen molar-refractivity contribution in [3.8, 4) is 17.2 Å². The fourth-order valence-electron chi connectivity index (χ4n) is 4.19. The molecule has 0 radical (unpaired) electrons. The molecule has 3 nitrogen and oxygen atoms in total. The minimum Gasteiger partial charge on any atom is -0.497 e. The number of rotatable bonds is 3. The number of aromatic nitrogens is 1. The fourth-order valence-corrected chi connectivity index (χ4v) is 4.19. The molecule has 0 aliphatic rings. The molecule has 0 N–H and O–H groups in total. The maximum absolute atomic E-state index is 5.49. The van der Waals surface area contributed by atoms with Crippen molar-refractivity contribution < 1.29 is 9.47 Å². The van der Waals surface area contributed by atoms with Crippen LogP contribution in [-0.4, -0.2) is 18.8 Å². The summed E-state index contributed by atoms with van der Waals surface area (Å²) in [6, 6.07) is 25.5. The molecular formula is C25H21NO2. The SMILES string of the molecule is COc1ccc2c(c1)c1cc(OC)ccc1n2-c1cccc2cccc(C)c12. The third-order valence-electron chi connectivity index (χ3n) is 5.51. The second kappa shape index (κ2) is 6.31. The first-order valence-electron chi connectivity index (χ1n) is 9.36. The van der Waals surface area contributed by atoms with Crippen LogP contribution in [0, 0.1) is 6.92 Å². The summed E-state index contributed by atoms with van der Waals surface area (Å²) >= 11 is 0. The van der Waals surface area contributed by atoms with Gasteiger partial charge in [-0.2, -0.15) is 0 Å². The summed E-state index contributed by atoms with van der Waals surface area (Å²) in [5.41, 5.74) is 4.76. The van der Waals surface area contributed by atoms with Crippen LogP contribution in [-0.2, 0) is 0 Å². The van der Waals surface area contributed by atoms with Gasteiger partial charge in [0.25, 0.3) is 0 Å². The molecule has 0 fully saturated rings. The number of methoxy groups -OCH3 is 2. The minimum absolute atomic E-state index is 0.850. The zero-order chi connectivity index (χ0) is 19.3. The molecule has 0 atom stereocenters. The molecule has 5 rings (SSSR count). The third kappa shape index (κ3) is 2.36. The summed E-state index contributed by atoms with van der Waals surface area (Å²) in [5, 5.41) is 4.82. The quantitative estimate of drug-likeness (QED) is 0.375. The monoisotopic (exact) mass is 367 g/mol. The van der Waals surface area contributed by atoms with Crippen LogP contribution in [0.3, 0.4) is 0 Å². The molecule has 28 heavy (non-hydrogen) atoms. The lowest BCUT2D eigenvalue weighted by Gasteiger charge is -2.13. The molecule has 0 saturated heterocycles. The van der Waals surface area contributed by atoms with Crippen LogP contribution in [0.25, 0.3) is 38.3 Å². The van der Waals surface area contributed by atoms with Gasteiger partial charge in [0.15, 0.2) is 0 Å². The molecule has 1 heterocycles. The Morgan fingerprint density at radius 2 is 1.25 bits per heavy atom. The number of fused-ring (bicyclic) bond motifs is 4. The maximum atomic E-state index is 5.49. The van der Waals surface area contributed by atoms with E-state index >= 15 is 0 Å². The van der Waals surface area contributed by atoms with Gasteiger partial charge in [-0.25, -0.2) is 0 Å². The smallest absolute Gasteiger partial charge is 0.119 e. The van der Waals surface area contributed by atoms with Crippen LogP contribution < -0.4 is 9.47 Å². The molecular weight excluding hydrogens is 346 g/mol. The van der Waals surface area contributed by atoms with Gasteiger partial charge in [-0.05, 0) is 60.3 Å². The predicted molar refractivity (Wildman–Crippen MR) is 116 cm³/mol. The Bertz CT molecular complexity index is 1280. The number of ether oxygens (including phenoxy) is 2. The number of aryl methyl sites for hydroxylation is 1. The molecule has 0 saturated carbocycles. The van der Waals surface area contributed by atoms with Gasteiger partial charge in [0.2, 0.25) is 0 Å². The first-order valence-corrected chi connectivity index (χ1v) is 9.36. The zero-order valence-corrected chi connectivity index (χ0v) is 16.2. The molecule has 5 aromatic rings. The van der Waals surface area contributed by atoms with E-state index in [1.54, 1.807) is 14.2 Å². The second-order valence-electron chi connectivity index (χ2n) is 7.05. The highest BCUT2D eigenvalue weighted by molar-refractivity contribution is 6.11. The summed E-state index contributed by atoms with van der Waals surface area (Å²) in [4.78, 5) is 0. The van der Waals surface area contributed by atoms with Gasteiger partial charge in [0.1, 0.15) is 11.5 Å². The summed E-state index contributed by atoms with van der Waals surface area (Å²) in [6.45, 7) is 2.17. The van der Waals surface area contributed by atoms with Crippen molar-refractivity contribution in [2.75, 3.05) is 14.2 Å². The normalized spacial score (nSPS) is 11.4. The Kier molecular flexibility index (Phi) is 3.76. The average molecular weight is 367 g/mol. The van der Waals surface area contributed by atoms with Crippen molar-refractivity contribution in [2.45, 2.75) is 6.92 Å². The van der Waals surface area contributed by atoms with Gasteiger partial charge in [0.05, 0.1) is 30.9 Å². The Morgan fingerprint density at radius 3 is 1.82 bits per heavy atom. The zero-order valence-electron chi connectivity index (χ0n) is 16.2. The summed E-state index contributed by atoms with van der Waals surface area (Å²) in [5.74, 6) is 1.70. The van der Waals surface area contributed by atoms with Crippen LogP contribution in [0.2, 0.25) is 0 Å². The molecule has 0 aliphatic carbocycles. The molecule has 4 aromatic carbocycles. The van der Waals surface area contributed by atoms with E-state index in [4.69, 9.17) is 9.47 Å². The Hall–Kier alpha value is -3.46. The minimum atomic E-state index is 0.850. The van der Waals surface area contributed by atoms with Crippen LogP contribution in [0.5, 0.6) is 11.5 Å². The Labute approximate surface area is 163 Å². The predicted octanol–water partition coefficient (Wildman–Crippen LogP) is 6.26. The number of hydrogen-bond donors (Lipinski definition) is 0. The van der Waals surface area contributed by atoms with Gasteiger partial charge in [-0.1, -0.05) is 30.3 Å². The van der Waals surface area contributed by atoms with Crippen molar-refractivity contribution in [3.63, 3.8) is 0 Å². The van der Waals surface area contributed by atoms with E-state index in [1.165, 1.54) is 22.0 Å². The Balaban J connectivity index is 1.97. The van der Waals surface area contributed by atoms with E-state index in [-0.39, 0.29) is 0 Å². The lowest BCUT2D eigenvalue weighted by Crippen LogP contribution is -1.96. The van der Waals surface area contributed by atoms with Gasteiger partial charge in [-0.3, -0.25) is 0 Å². The van der Waals surface area contributed by atoms with Gasteiger partial charge >= 0.3 is 0 Å². The lowest BCUT2D eigenvalue weighted by molar-refractivity contribution is 0.415. The maximum Gasteiger partial charge on any atom is 0.119 e. The van der Waals surface area contributed by atoms with E-state index in [1.807, 2.05) is 12.1 Å². The molecule has 0 unspecified atom stereocenters. The summed E-state index contributed by atoms with van der Waals surface area (Å²) in [6.07, 6.45) is 0. The van der Waals surface area contributed by atoms with E-state index in [0.29, 0.717) is 0 Å². The standard InChI is InChI=1S/C25H21NO2/c1-16-6-4-7-17-8-5-9-24(25(16)17)26-22-12-10-18(27-2)14-20(22)21-15-19(28-3)11-13-23(21)26/h4-15H,1-3H3. The second-order valence-corrected chi connectivity index (χ2v) is 7.05. The highest BCUT2D eigenvalue weighted by Crippen LogP contribution is 2.38. The molecule has 0 bridgehead atoms. The summed E-state index contributed by atoms with van der Waals surface area (Å²) < 4.78 is 13.3. The van der Waals surface area contributed by atoms with Crippen LogP contribution in [0.1, 0.15) is 5.56 Å². The number of benzene rings is 4. The van der Waals surface area contributed by atoms with Crippen LogP contribution >= 0.6 is 0 Å². The van der Waals surface area contributed by atoms with Crippen molar-refractivity contribution >= 4 is 32.6 Å². The van der Waals surface area contributed by atoms with Gasteiger partial charge in [0, 0.05) is 16.2 Å². The van der Waals surface area contributed by atoms with E-state index in [0.717, 1.165) is 33.3 Å². The molecule has 3 heteroatoms.